The molecule has 1 heterocycles. The molecule has 1 aromatic heterocycles. The topological polar surface area (TPSA) is 109 Å². The van der Waals surface area contributed by atoms with Crippen LogP contribution >= 0.6 is 0 Å². The van der Waals surface area contributed by atoms with E-state index in [1.54, 1.807) is 12.1 Å². The van der Waals surface area contributed by atoms with Crippen LogP contribution in [0.15, 0.2) is 23.4 Å². The van der Waals surface area contributed by atoms with Crippen LogP contribution in [0.25, 0.3) is 0 Å². The van der Waals surface area contributed by atoms with E-state index in [2.05, 4.69) is 10.4 Å². The maximum Gasteiger partial charge on any atom is 0.262 e. The second kappa shape index (κ2) is 7.39. The maximum absolute atomic E-state index is 12.3. The first-order valence-corrected chi connectivity index (χ1v) is 7.47. The highest BCUT2D eigenvalue weighted by Gasteiger charge is 2.24. The summed E-state index contributed by atoms with van der Waals surface area (Å²) in [6, 6.07) is 3.16. The number of nitrogens with two attached hydrogens (primary N) is 1. The minimum absolute atomic E-state index is 0.0813. The van der Waals surface area contributed by atoms with Crippen LogP contribution in [0.4, 0.5) is 5.69 Å². The standard InChI is InChI=1S/C11H20N4O3S/c1-15(8-3-2-4-9-16)19(17,18)11-10(14-12)6-5-7-13-11/h5-7,14,16H,2-4,8-9,12H2,1H3. The summed E-state index contributed by atoms with van der Waals surface area (Å²) in [4.78, 5) is 3.87. The number of hydrazine groups is 1. The van der Waals surface area contributed by atoms with Gasteiger partial charge in [0, 0.05) is 26.4 Å². The molecule has 0 radical (unpaired) electrons. The molecule has 0 amide bonds. The van der Waals surface area contributed by atoms with Gasteiger partial charge < -0.3 is 10.5 Å². The quantitative estimate of drug-likeness (QED) is 0.357. The molecule has 8 heteroatoms. The van der Waals surface area contributed by atoms with Gasteiger partial charge in [-0.2, -0.15) is 4.31 Å². The Labute approximate surface area is 113 Å². The summed E-state index contributed by atoms with van der Waals surface area (Å²) in [5.41, 5.74) is 2.60. The number of anilines is 1. The van der Waals surface area contributed by atoms with Crippen LogP contribution in [0.1, 0.15) is 19.3 Å². The normalized spacial score (nSPS) is 11.8. The summed E-state index contributed by atoms with van der Waals surface area (Å²) in [6.45, 7) is 0.501. The van der Waals surface area contributed by atoms with Gasteiger partial charge in [0.1, 0.15) is 0 Å². The van der Waals surface area contributed by atoms with E-state index in [1.807, 2.05) is 0 Å². The fourth-order valence-corrected chi connectivity index (χ4v) is 2.86. The van der Waals surface area contributed by atoms with Crippen LogP contribution in [0.2, 0.25) is 0 Å². The molecule has 108 valence electrons. The molecule has 0 saturated carbocycles. The predicted molar refractivity (Wildman–Crippen MR) is 72.8 cm³/mol. The molecule has 7 nitrogen and oxygen atoms in total. The number of hydrogen-bond acceptors (Lipinski definition) is 6. The Morgan fingerprint density at radius 1 is 1.42 bits per heavy atom. The smallest absolute Gasteiger partial charge is 0.262 e. The molecule has 0 aromatic carbocycles. The minimum Gasteiger partial charge on any atom is -0.396 e. The summed E-state index contributed by atoms with van der Waals surface area (Å²) in [5, 5.41) is 8.59. The summed E-state index contributed by atoms with van der Waals surface area (Å²) in [6.07, 6.45) is 3.55. The maximum atomic E-state index is 12.3. The van der Waals surface area contributed by atoms with E-state index < -0.39 is 10.0 Å². The van der Waals surface area contributed by atoms with Gasteiger partial charge in [-0.15, -0.1) is 0 Å². The van der Waals surface area contributed by atoms with E-state index >= 15 is 0 Å². The predicted octanol–water partition coefficient (Wildman–Crippen LogP) is 0.150. The van der Waals surface area contributed by atoms with Crippen LogP contribution in [0, 0.1) is 0 Å². The van der Waals surface area contributed by atoms with Crippen molar-refractivity contribution in [1.29, 1.82) is 0 Å². The number of pyridine rings is 1. The van der Waals surface area contributed by atoms with Crippen molar-refractivity contribution in [1.82, 2.24) is 9.29 Å². The van der Waals surface area contributed by atoms with Crippen molar-refractivity contribution in [3.63, 3.8) is 0 Å². The zero-order valence-corrected chi connectivity index (χ0v) is 11.7. The molecular weight excluding hydrogens is 268 g/mol. The van der Waals surface area contributed by atoms with Crippen molar-refractivity contribution in [2.45, 2.75) is 24.3 Å². The van der Waals surface area contributed by atoms with E-state index in [-0.39, 0.29) is 17.3 Å². The lowest BCUT2D eigenvalue weighted by Gasteiger charge is -2.18. The Kier molecular flexibility index (Phi) is 6.16. The Bertz CT molecular complexity index is 492. The van der Waals surface area contributed by atoms with Gasteiger partial charge in [0.05, 0.1) is 5.69 Å². The molecule has 0 aliphatic carbocycles. The number of aliphatic hydroxyl groups is 1. The number of nitrogens with zero attached hydrogens (tertiary/aromatic N) is 2. The second-order valence-electron chi connectivity index (χ2n) is 4.11. The zero-order valence-electron chi connectivity index (χ0n) is 10.9. The molecule has 0 fully saturated rings. The lowest BCUT2D eigenvalue weighted by atomic mass is 10.2. The molecule has 4 N–H and O–H groups in total. The summed E-state index contributed by atoms with van der Waals surface area (Å²) < 4.78 is 25.8. The Morgan fingerprint density at radius 3 is 2.79 bits per heavy atom. The van der Waals surface area contributed by atoms with Crippen molar-refractivity contribution >= 4 is 15.7 Å². The highest BCUT2D eigenvalue weighted by molar-refractivity contribution is 7.89. The zero-order chi connectivity index (χ0) is 14.3. The molecule has 0 spiro atoms. The third-order valence-electron chi connectivity index (χ3n) is 2.71. The largest absolute Gasteiger partial charge is 0.396 e. The Hall–Kier alpha value is -1.22. The van der Waals surface area contributed by atoms with Gasteiger partial charge in [0.2, 0.25) is 0 Å². The molecule has 0 unspecified atom stereocenters. The molecule has 0 atom stereocenters. The monoisotopic (exact) mass is 288 g/mol. The number of aromatic nitrogens is 1. The average Bonchev–Trinajstić information content (AvgIpc) is 2.43. The van der Waals surface area contributed by atoms with Crippen molar-refractivity contribution in [3.8, 4) is 0 Å². The van der Waals surface area contributed by atoms with Gasteiger partial charge in [-0.05, 0) is 31.4 Å². The fourth-order valence-electron chi connectivity index (χ4n) is 1.60. The number of aliphatic hydroxyl groups excluding tert-OH is 1. The number of nitrogens with one attached hydrogen (secondary N) is 1. The highest BCUT2D eigenvalue weighted by Crippen LogP contribution is 2.20. The first kappa shape index (κ1) is 15.8. The molecule has 0 aliphatic heterocycles. The van der Waals surface area contributed by atoms with Gasteiger partial charge in [0.15, 0.2) is 5.03 Å². The van der Waals surface area contributed by atoms with Crippen LogP contribution in [0.5, 0.6) is 0 Å². The van der Waals surface area contributed by atoms with Crippen molar-refractivity contribution in [3.05, 3.63) is 18.3 Å². The molecular formula is C11H20N4O3S. The van der Waals surface area contributed by atoms with Gasteiger partial charge >= 0.3 is 0 Å². The second-order valence-corrected chi connectivity index (χ2v) is 6.07. The summed E-state index contributed by atoms with van der Waals surface area (Å²) >= 11 is 0. The van der Waals surface area contributed by atoms with E-state index in [9.17, 15) is 8.42 Å². The molecule has 1 rings (SSSR count). The lowest BCUT2D eigenvalue weighted by Crippen LogP contribution is -2.29. The van der Waals surface area contributed by atoms with E-state index in [0.717, 1.165) is 6.42 Å². The van der Waals surface area contributed by atoms with Crippen molar-refractivity contribution < 1.29 is 13.5 Å². The molecule has 1 aromatic rings. The Morgan fingerprint density at radius 2 is 2.16 bits per heavy atom. The minimum atomic E-state index is -3.65. The van der Waals surface area contributed by atoms with Crippen molar-refractivity contribution in [2.24, 2.45) is 5.84 Å². The van der Waals surface area contributed by atoms with Crippen LogP contribution < -0.4 is 11.3 Å². The van der Waals surface area contributed by atoms with E-state index in [0.29, 0.717) is 19.4 Å². The van der Waals surface area contributed by atoms with E-state index in [4.69, 9.17) is 10.9 Å². The van der Waals surface area contributed by atoms with Crippen molar-refractivity contribution in [2.75, 3.05) is 25.6 Å². The number of sulfonamides is 1. The average molecular weight is 288 g/mol. The summed E-state index contributed by atoms with van der Waals surface area (Å²) in [7, 11) is -2.15. The Balaban J connectivity index is 2.79. The molecule has 19 heavy (non-hydrogen) atoms. The lowest BCUT2D eigenvalue weighted by molar-refractivity contribution is 0.281. The van der Waals surface area contributed by atoms with Gasteiger partial charge in [-0.1, -0.05) is 0 Å². The number of unbranched alkanes of at least 4 members (excludes halogenated alkanes) is 2. The summed E-state index contributed by atoms with van der Waals surface area (Å²) in [5.74, 6) is 5.29. The first-order valence-electron chi connectivity index (χ1n) is 6.03. The first-order chi connectivity index (χ1) is 9.04. The van der Waals surface area contributed by atoms with Crippen LogP contribution in [0.3, 0.4) is 0 Å². The third kappa shape index (κ3) is 4.13. The number of nitrogen functional groups attached to an aromatic ring is 1. The van der Waals surface area contributed by atoms with Gasteiger partial charge in [0.25, 0.3) is 10.0 Å². The number of hydrogen-bond donors (Lipinski definition) is 3. The number of rotatable bonds is 8. The molecule has 0 aliphatic rings. The van der Waals surface area contributed by atoms with Gasteiger partial charge in [-0.3, -0.25) is 5.84 Å². The molecule has 0 saturated heterocycles. The highest BCUT2D eigenvalue weighted by atomic mass is 32.2. The SMILES string of the molecule is CN(CCCCCO)S(=O)(=O)c1ncccc1NN. The van der Waals surface area contributed by atoms with Gasteiger partial charge in [-0.25, -0.2) is 13.4 Å². The van der Waals surface area contributed by atoms with E-state index in [1.165, 1.54) is 17.5 Å². The third-order valence-corrected chi connectivity index (χ3v) is 4.53. The van der Waals surface area contributed by atoms with Crippen LogP contribution in [-0.4, -0.2) is 43.0 Å². The fraction of sp³-hybridized carbons (Fsp3) is 0.545. The van der Waals surface area contributed by atoms with Crippen LogP contribution in [-0.2, 0) is 10.0 Å². The molecule has 0 bridgehead atoms.